The van der Waals surface area contributed by atoms with Crippen molar-refractivity contribution in [3.05, 3.63) is 333 Å². The zero-order chi connectivity index (χ0) is 69.0. The lowest BCUT2D eigenvalue weighted by atomic mass is 10.0. The molecule has 7 heterocycles. The highest BCUT2D eigenvalue weighted by Crippen LogP contribution is 2.52. The molecule has 0 bridgehead atoms. The van der Waals surface area contributed by atoms with E-state index in [9.17, 15) is 5.26 Å². The lowest BCUT2D eigenvalue weighted by Crippen LogP contribution is -2.18. The smallest absolute Gasteiger partial charge is 0.120 e. The second-order valence-corrected chi connectivity index (χ2v) is 27.5. The predicted molar refractivity (Wildman–Crippen MR) is 433 cm³/mol. The minimum absolute atomic E-state index is 0.441. The van der Waals surface area contributed by atoms with Crippen molar-refractivity contribution >= 4 is 153 Å². The molecule has 0 atom stereocenters. The quantitative estimate of drug-likeness (QED) is 0.115. The van der Waals surface area contributed by atoms with Gasteiger partial charge in [-0.3, -0.25) is 0 Å². The molecule has 15 aromatic carbocycles. The Bertz CT molecular complexity index is 6820. The van der Waals surface area contributed by atoms with Crippen molar-refractivity contribution in [1.82, 2.24) is 32.0 Å². The third kappa shape index (κ3) is 8.52. The number of hydrogen-bond donors (Lipinski definition) is 0. The largest absolute Gasteiger partial charge is 0.492 e. The first-order valence-corrected chi connectivity index (χ1v) is 36.0. The van der Waals surface area contributed by atoms with E-state index in [2.05, 4.69) is 366 Å². The number of hydrogen-bond acceptors (Lipinski definition) is 3. The van der Waals surface area contributed by atoms with E-state index in [0.717, 1.165) is 149 Å². The van der Waals surface area contributed by atoms with E-state index in [-0.39, 0.29) is 0 Å². The normalized spacial score (nSPS) is 12.1. The zero-order valence-corrected chi connectivity index (χ0v) is 56.9. The Balaban J connectivity index is 0.882. The van der Waals surface area contributed by atoms with Crippen molar-refractivity contribution in [2.24, 2.45) is 0 Å². The first kappa shape index (κ1) is 58.8. The number of fused-ring (bicyclic) bond motifs is 21. The van der Waals surface area contributed by atoms with E-state index in [1.54, 1.807) is 0 Å². The Kier molecular flexibility index (Phi) is 12.9. The van der Waals surface area contributed by atoms with E-state index in [1.807, 2.05) is 0 Å². The van der Waals surface area contributed by atoms with Gasteiger partial charge < -0.3 is 41.4 Å². The molecule has 0 radical (unpaired) electrons. The molecule has 0 fully saturated rings. The summed E-state index contributed by atoms with van der Waals surface area (Å²) in [6, 6.07) is 121. The van der Waals surface area contributed by atoms with E-state index in [0.29, 0.717) is 31.9 Å². The Hall–Kier alpha value is -14.0. The summed E-state index contributed by atoms with van der Waals surface area (Å²) in [5.74, 6) is 1.52. The van der Waals surface area contributed by atoms with E-state index in [4.69, 9.17) is 9.47 Å². The number of nitrogens with zero attached hydrogens (tertiary/aromatic N) is 8. The molecule has 22 rings (SSSR count). The Morgan fingerprint density at radius 2 is 0.400 bits per heavy atom. The molecule has 0 aliphatic rings. The highest BCUT2D eigenvalue weighted by Gasteiger charge is 2.37. The molecule has 0 saturated heterocycles. The van der Waals surface area contributed by atoms with Crippen LogP contribution in [0.5, 0.6) is 11.5 Å². The van der Waals surface area contributed by atoms with Crippen LogP contribution in [-0.2, 0) is 13.1 Å². The molecular weight excluding hydrogens is 1290 g/mol. The first-order chi connectivity index (χ1) is 52.1. The fraction of sp³-hybridized carbons (Fsp3) is 0.0421. The van der Waals surface area contributed by atoms with Gasteiger partial charge in [-0.25, -0.2) is 0 Å². The maximum Gasteiger partial charge on any atom is 0.120 e. The van der Waals surface area contributed by atoms with Gasteiger partial charge in [-0.2, -0.15) is 5.26 Å². The van der Waals surface area contributed by atoms with Gasteiger partial charge in [0.25, 0.3) is 0 Å². The minimum atomic E-state index is 0.441. The van der Waals surface area contributed by atoms with Gasteiger partial charge in [0.15, 0.2) is 0 Å². The number of benzene rings is 15. The standard InChI is InChI=1S/C95H62N8O2/c96-59-76-91(99-81-41-17-5-29-66(81)67-30-6-18-42-82(67)99)93(102-87-47-23-11-35-72(87)74-57-60(49-51-89(74)102)104-55-53-97-77-37-13-1-25-62(77)63-26-2-14-38-78(63)97)95(101-85-45-21-9-33-70(85)71-34-10-22-46-86(71)101)94(92(76)100-83-43-19-7-31-68(83)69-32-8-20-44-84(69)100)103-88-48-24-12-36-73(88)75-58-61(50-52-90(75)103)105-56-54-98-79-39-15-3-27-64(79)65-28-4-16-40-80(65)98/h1-52,57-58H,53-56H2. The fourth-order valence-corrected chi connectivity index (χ4v) is 17.9. The summed E-state index contributed by atoms with van der Waals surface area (Å²) in [4.78, 5) is 0. The Labute approximate surface area is 601 Å². The van der Waals surface area contributed by atoms with Crippen LogP contribution in [0.15, 0.2) is 328 Å². The molecule has 0 N–H and O–H groups in total. The van der Waals surface area contributed by atoms with Crippen molar-refractivity contribution in [1.29, 1.82) is 5.26 Å². The van der Waals surface area contributed by atoms with Crippen LogP contribution >= 0.6 is 0 Å². The van der Waals surface area contributed by atoms with Gasteiger partial charge in [0.1, 0.15) is 36.3 Å². The molecule has 0 amide bonds. The first-order valence-electron chi connectivity index (χ1n) is 36.0. The van der Waals surface area contributed by atoms with Crippen molar-refractivity contribution in [3.63, 3.8) is 0 Å². The molecule has 0 spiro atoms. The van der Waals surface area contributed by atoms with E-state index < -0.39 is 0 Å². The van der Waals surface area contributed by atoms with Crippen LogP contribution in [0.2, 0.25) is 0 Å². The average Bonchev–Trinajstić information content (AvgIpc) is 1.57. The third-order valence-corrected chi connectivity index (χ3v) is 22.2. The molecule has 7 aromatic heterocycles. The van der Waals surface area contributed by atoms with Gasteiger partial charge in [-0.05, 0) is 109 Å². The van der Waals surface area contributed by atoms with Crippen LogP contribution in [-0.4, -0.2) is 45.2 Å². The number of ether oxygens (including phenoxy) is 2. The highest BCUT2D eigenvalue weighted by atomic mass is 16.5. The van der Waals surface area contributed by atoms with Gasteiger partial charge in [0.2, 0.25) is 0 Å². The summed E-state index contributed by atoms with van der Waals surface area (Å²) in [6.45, 7) is 2.18. The molecule has 0 saturated carbocycles. The van der Waals surface area contributed by atoms with Crippen LogP contribution in [0.25, 0.3) is 181 Å². The van der Waals surface area contributed by atoms with Gasteiger partial charge in [-0.1, -0.05) is 218 Å². The van der Waals surface area contributed by atoms with E-state index >= 15 is 0 Å². The minimum Gasteiger partial charge on any atom is -0.492 e. The fourth-order valence-electron chi connectivity index (χ4n) is 17.9. The van der Waals surface area contributed by atoms with Crippen molar-refractivity contribution < 1.29 is 9.47 Å². The van der Waals surface area contributed by atoms with Gasteiger partial charge in [0.05, 0.1) is 96.7 Å². The monoisotopic (exact) mass is 1350 g/mol. The summed E-state index contributed by atoms with van der Waals surface area (Å²) >= 11 is 0. The van der Waals surface area contributed by atoms with Crippen molar-refractivity contribution in [3.8, 4) is 46.0 Å². The Morgan fingerprint density at radius 3 is 0.648 bits per heavy atom. The average molecular weight is 1350 g/mol. The highest BCUT2D eigenvalue weighted by molar-refractivity contribution is 6.19. The van der Waals surface area contributed by atoms with Crippen LogP contribution in [0.1, 0.15) is 5.56 Å². The molecular formula is C95H62N8O2. The Morgan fingerprint density at radius 1 is 0.210 bits per heavy atom. The van der Waals surface area contributed by atoms with Gasteiger partial charge in [0, 0.05) is 97.5 Å². The van der Waals surface area contributed by atoms with Gasteiger partial charge >= 0.3 is 0 Å². The number of nitriles is 1. The lowest BCUT2D eigenvalue weighted by molar-refractivity contribution is 0.302. The van der Waals surface area contributed by atoms with Crippen LogP contribution in [0, 0.1) is 11.3 Å². The number of aromatic nitrogens is 7. The molecule has 22 aromatic rings. The van der Waals surface area contributed by atoms with Crippen molar-refractivity contribution in [2.45, 2.75) is 13.1 Å². The van der Waals surface area contributed by atoms with Crippen molar-refractivity contribution in [2.75, 3.05) is 13.2 Å². The van der Waals surface area contributed by atoms with Crippen LogP contribution in [0.3, 0.4) is 0 Å². The summed E-state index contributed by atoms with van der Waals surface area (Å²) in [5.41, 5.74) is 18.8. The second-order valence-electron chi connectivity index (χ2n) is 27.5. The SMILES string of the molecule is N#Cc1c(-n2c3ccccc3c3ccccc32)c(-n2c3ccccc3c3cc(OCCn4c5ccccc5c5ccccc54)ccc32)c(-n2c3ccccc3c3ccccc32)c(-n2c3ccccc3c3cc(OCCn4c5ccccc5c5ccccc54)ccc32)c1-n1c2ccccc2c2ccccc21. The second kappa shape index (κ2) is 23.0. The number of para-hydroxylation sites is 12. The maximum absolute atomic E-state index is 13.4. The molecule has 10 nitrogen and oxygen atoms in total. The molecule has 0 aliphatic carbocycles. The third-order valence-electron chi connectivity index (χ3n) is 22.2. The molecule has 0 aliphatic heterocycles. The predicted octanol–water partition coefficient (Wildman–Crippen LogP) is 23.4. The molecule has 494 valence electrons. The zero-order valence-electron chi connectivity index (χ0n) is 56.9. The summed E-state index contributed by atoms with van der Waals surface area (Å²) in [7, 11) is 0. The number of rotatable bonds is 13. The van der Waals surface area contributed by atoms with Crippen LogP contribution < -0.4 is 9.47 Å². The molecule has 105 heavy (non-hydrogen) atoms. The maximum atomic E-state index is 13.4. The summed E-state index contributed by atoms with van der Waals surface area (Å²) in [6.07, 6.45) is 0. The summed E-state index contributed by atoms with van der Waals surface area (Å²) < 4.78 is 31.0. The van der Waals surface area contributed by atoms with Crippen LogP contribution in [0.4, 0.5) is 0 Å². The summed E-state index contributed by atoms with van der Waals surface area (Å²) in [5, 5.41) is 28.9. The van der Waals surface area contributed by atoms with E-state index in [1.165, 1.54) is 43.6 Å². The lowest BCUT2D eigenvalue weighted by Gasteiger charge is -2.30. The molecule has 10 heteroatoms. The molecule has 0 unspecified atom stereocenters. The topological polar surface area (TPSA) is 76.8 Å². The van der Waals surface area contributed by atoms with Gasteiger partial charge in [-0.15, -0.1) is 0 Å².